The highest BCUT2D eigenvalue weighted by molar-refractivity contribution is 7.71. The molecule has 2 rings (SSSR count). The third kappa shape index (κ3) is 1.88. The van der Waals surface area contributed by atoms with E-state index in [9.17, 15) is 0 Å². The molecule has 2 aromatic heterocycles. The minimum Gasteiger partial charge on any atom is -0.459 e. The molecule has 80 valence electrons. The summed E-state index contributed by atoms with van der Waals surface area (Å²) in [6, 6.07) is 1.68. The number of aliphatic hydroxyl groups excluding tert-OH is 1. The van der Waals surface area contributed by atoms with Crippen LogP contribution in [0.3, 0.4) is 0 Å². The van der Waals surface area contributed by atoms with Gasteiger partial charge in [-0.2, -0.15) is 0 Å². The molecule has 2 N–H and O–H groups in total. The van der Waals surface area contributed by atoms with E-state index in [1.165, 1.54) is 0 Å². The summed E-state index contributed by atoms with van der Waals surface area (Å²) in [5.74, 6) is 0.547. The SMILES string of the molecule is Cc1coc2c(=S)cc(NCCO)oc12. The summed E-state index contributed by atoms with van der Waals surface area (Å²) in [6.07, 6.45) is 1.61. The van der Waals surface area contributed by atoms with Crippen molar-refractivity contribution >= 4 is 29.3 Å². The van der Waals surface area contributed by atoms with Gasteiger partial charge >= 0.3 is 0 Å². The van der Waals surface area contributed by atoms with Gasteiger partial charge < -0.3 is 19.3 Å². The number of aryl methyl sites for hydroxylation is 1. The van der Waals surface area contributed by atoms with Gasteiger partial charge in [0.1, 0.15) is 0 Å². The summed E-state index contributed by atoms with van der Waals surface area (Å²) in [5.41, 5.74) is 2.16. The van der Waals surface area contributed by atoms with Crippen LogP contribution in [0.2, 0.25) is 0 Å². The molecule has 0 fully saturated rings. The van der Waals surface area contributed by atoms with Crippen molar-refractivity contribution in [3.05, 3.63) is 22.4 Å². The quantitative estimate of drug-likeness (QED) is 0.786. The Morgan fingerprint density at radius 1 is 1.47 bits per heavy atom. The van der Waals surface area contributed by atoms with E-state index in [1.807, 2.05) is 6.92 Å². The second-order valence-corrected chi connectivity index (χ2v) is 3.64. The fourth-order valence-electron chi connectivity index (χ4n) is 1.32. The topological polar surface area (TPSA) is 58.5 Å². The maximum absolute atomic E-state index is 8.68. The van der Waals surface area contributed by atoms with Crippen LogP contribution in [-0.2, 0) is 0 Å². The highest BCUT2D eigenvalue weighted by Gasteiger charge is 2.08. The predicted octanol–water partition coefficient (Wildman–Crippen LogP) is 2.47. The molecule has 4 nitrogen and oxygen atoms in total. The number of rotatable bonds is 3. The molecule has 0 aliphatic heterocycles. The number of hydrogen-bond acceptors (Lipinski definition) is 5. The van der Waals surface area contributed by atoms with Crippen LogP contribution in [0.4, 0.5) is 5.88 Å². The minimum atomic E-state index is 0.0463. The van der Waals surface area contributed by atoms with Crippen LogP contribution < -0.4 is 5.32 Å². The van der Waals surface area contributed by atoms with Crippen molar-refractivity contribution in [2.45, 2.75) is 6.92 Å². The first-order valence-electron chi connectivity index (χ1n) is 4.59. The second kappa shape index (κ2) is 4.04. The zero-order chi connectivity index (χ0) is 10.8. The average molecular weight is 225 g/mol. The lowest BCUT2D eigenvalue weighted by molar-refractivity contribution is 0.310. The Morgan fingerprint density at radius 2 is 2.27 bits per heavy atom. The first-order chi connectivity index (χ1) is 7.22. The molecule has 0 atom stereocenters. The van der Waals surface area contributed by atoms with Crippen molar-refractivity contribution in [1.82, 2.24) is 0 Å². The normalized spacial score (nSPS) is 10.8. The molecule has 0 saturated heterocycles. The third-order valence-electron chi connectivity index (χ3n) is 2.03. The lowest BCUT2D eigenvalue weighted by Gasteiger charge is -2.02. The van der Waals surface area contributed by atoms with Crippen molar-refractivity contribution in [1.29, 1.82) is 0 Å². The summed E-state index contributed by atoms with van der Waals surface area (Å²) in [6.45, 7) is 2.37. The Balaban J connectivity index is 2.50. The monoisotopic (exact) mass is 225 g/mol. The Bertz CT molecular complexity index is 529. The maximum Gasteiger partial charge on any atom is 0.195 e. The highest BCUT2D eigenvalue weighted by Crippen LogP contribution is 2.25. The van der Waals surface area contributed by atoms with Gasteiger partial charge in [-0.25, -0.2) is 0 Å². The van der Waals surface area contributed by atoms with E-state index in [-0.39, 0.29) is 6.61 Å². The molecular formula is C10H11NO3S. The van der Waals surface area contributed by atoms with Gasteiger partial charge in [-0.05, 0) is 6.92 Å². The van der Waals surface area contributed by atoms with Crippen LogP contribution >= 0.6 is 12.2 Å². The molecule has 2 heterocycles. The molecule has 0 bridgehead atoms. The molecule has 0 amide bonds. The van der Waals surface area contributed by atoms with Gasteiger partial charge in [0.25, 0.3) is 0 Å². The van der Waals surface area contributed by atoms with Crippen LogP contribution in [-0.4, -0.2) is 18.3 Å². The maximum atomic E-state index is 8.68. The Morgan fingerprint density at radius 3 is 3.00 bits per heavy atom. The number of anilines is 1. The number of furan rings is 1. The molecule has 0 radical (unpaired) electrons. The Hall–Kier alpha value is -1.33. The van der Waals surface area contributed by atoms with Gasteiger partial charge in [0.05, 0.1) is 17.4 Å². The Labute approximate surface area is 91.5 Å². The lowest BCUT2D eigenvalue weighted by Crippen LogP contribution is -2.05. The van der Waals surface area contributed by atoms with E-state index in [4.69, 9.17) is 26.2 Å². The van der Waals surface area contributed by atoms with E-state index in [1.54, 1.807) is 12.3 Å². The molecule has 0 aliphatic rings. The van der Waals surface area contributed by atoms with E-state index < -0.39 is 0 Å². The lowest BCUT2D eigenvalue weighted by atomic mass is 10.3. The van der Waals surface area contributed by atoms with Crippen molar-refractivity contribution in [2.75, 3.05) is 18.5 Å². The fourth-order valence-corrected chi connectivity index (χ4v) is 1.57. The molecule has 0 aliphatic carbocycles. The summed E-state index contributed by atoms with van der Waals surface area (Å²) in [4.78, 5) is 0. The third-order valence-corrected chi connectivity index (χ3v) is 2.33. The van der Waals surface area contributed by atoms with Crippen molar-refractivity contribution in [3.8, 4) is 0 Å². The van der Waals surface area contributed by atoms with Crippen LogP contribution in [0.5, 0.6) is 0 Å². The van der Waals surface area contributed by atoms with Gasteiger partial charge in [-0.1, -0.05) is 12.2 Å². The largest absolute Gasteiger partial charge is 0.459 e. The summed E-state index contributed by atoms with van der Waals surface area (Å²) in [7, 11) is 0. The second-order valence-electron chi connectivity index (χ2n) is 3.20. The number of aliphatic hydroxyl groups is 1. The molecule has 5 heteroatoms. The Kier molecular flexibility index (Phi) is 2.75. The van der Waals surface area contributed by atoms with Crippen LogP contribution in [0.15, 0.2) is 21.2 Å². The summed E-state index contributed by atoms with van der Waals surface area (Å²) in [5, 5.41) is 11.6. The predicted molar refractivity (Wildman–Crippen MR) is 59.6 cm³/mol. The molecular weight excluding hydrogens is 214 g/mol. The van der Waals surface area contributed by atoms with Crippen molar-refractivity contribution < 1.29 is 13.9 Å². The van der Waals surface area contributed by atoms with Crippen molar-refractivity contribution in [2.24, 2.45) is 0 Å². The van der Waals surface area contributed by atoms with Gasteiger partial charge in [0.2, 0.25) is 0 Å². The first-order valence-corrected chi connectivity index (χ1v) is 5.00. The van der Waals surface area contributed by atoms with Crippen LogP contribution in [0, 0.1) is 11.4 Å². The smallest absolute Gasteiger partial charge is 0.195 e. The minimum absolute atomic E-state index is 0.0463. The summed E-state index contributed by atoms with van der Waals surface area (Å²) >= 11 is 5.15. The van der Waals surface area contributed by atoms with Crippen LogP contribution in [0.25, 0.3) is 11.2 Å². The molecule has 2 aromatic rings. The zero-order valence-electron chi connectivity index (χ0n) is 8.24. The van der Waals surface area contributed by atoms with Gasteiger partial charge in [0, 0.05) is 18.2 Å². The zero-order valence-corrected chi connectivity index (χ0v) is 9.06. The average Bonchev–Trinajstić information content (AvgIpc) is 2.58. The molecule has 0 saturated carbocycles. The first kappa shape index (κ1) is 10.2. The summed E-state index contributed by atoms with van der Waals surface area (Å²) < 4.78 is 11.4. The number of hydrogen-bond donors (Lipinski definition) is 2. The van der Waals surface area contributed by atoms with Gasteiger partial charge in [-0.15, -0.1) is 0 Å². The van der Waals surface area contributed by atoms with E-state index in [0.29, 0.717) is 28.1 Å². The molecule has 0 aromatic carbocycles. The molecule has 15 heavy (non-hydrogen) atoms. The van der Waals surface area contributed by atoms with E-state index in [0.717, 1.165) is 5.56 Å². The van der Waals surface area contributed by atoms with Crippen LogP contribution in [0.1, 0.15) is 5.56 Å². The molecule has 0 spiro atoms. The van der Waals surface area contributed by atoms with E-state index >= 15 is 0 Å². The standard InChI is InChI=1S/C10H11NO3S/c1-6-5-13-10-7(15)4-8(11-2-3-12)14-9(6)10/h4-5,11-12H,2-3H2,1H3. The number of fused-ring (bicyclic) bond motifs is 1. The van der Waals surface area contributed by atoms with Gasteiger partial charge in [0.15, 0.2) is 17.1 Å². The molecule has 0 unspecified atom stereocenters. The van der Waals surface area contributed by atoms with E-state index in [2.05, 4.69) is 5.32 Å². The fraction of sp³-hybridized carbons (Fsp3) is 0.300. The van der Waals surface area contributed by atoms with Crippen molar-refractivity contribution in [3.63, 3.8) is 0 Å². The van der Waals surface area contributed by atoms with Gasteiger partial charge in [-0.3, -0.25) is 0 Å². The number of nitrogens with one attached hydrogen (secondary N) is 1. The highest BCUT2D eigenvalue weighted by atomic mass is 32.1.